The van der Waals surface area contributed by atoms with Gasteiger partial charge in [0.25, 0.3) is 0 Å². The number of piperidine rings is 1. The summed E-state index contributed by atoms with van der Waals surface area (Å²) in [6, 6.07) is 0. The molecular weight excluding hydrogens is 340 g/mol. The maximum absolute atomic E-state index is 2.81. The predicted molar refractivity (Wildman–Crippen MR) is 121 cm³/mol. The Morgan fingerprint density at radius 1 is 0.643 bits per heavy atom. The number of hydrogen-bond donors (Lipinski definition) is 0. The van der Waals surface area contributed by atoms with Crippen LogP contribution in [0.3, 0.4) is 0 Å². The Labute approximate surface area is 173 Å². The van der Waals surface area contributed by atoms with Crippen molar-refractivity contribution < 1.29 is 0 Å². The van der Waals surface area contributed by atoms with Gasteiger partial charge in [-0.1, -0.05) is 36.0 Å². The molecule has 5 rings (SSSR count). The van der Waals surface area contributed by atoms with E-state index in [1.165, 1.54) is 110 Å². The molecule has 1 fully saturated rings. The highest BCUT2D eigenvalue weighted by molar-refractivity contribution is 5.17. The van der Waals surface area contributed by atoms with Gasteiger partial charge in [0.05, 0.1) is 0 Å². The monoisotopic (exact) mass is 382 g/mol. The summed E-state index contributed by atoms with van der Waals surface area (Å²) in [4.78, 5) is 5.61. The van der Waals surface area contributed by atoms with E-state index in [9.17, 15) is 0 Å². The summed E-state index contributed by atoms with van der Waals surface area (Å²) in [5.74, 6) is 2.49. The second-order valence-corrected chi connectivity index (χ2v) is 9.78. The molecule has 2 unspecified atom stereocenters. The normalized spacial score (nSPS) is 40.3. The van der Waals surface area contributed by atoms with Crippen molar-refractivity contribution in [2.24, 2.45) is 17.8 Å². The van der Waals surface area contributed by atoms with Gasteiger partial charge in [0.2, 0.25) is 0 Å². The number of allylic oxidation sites excluding steroid dienone is 4. The van der Waals surface area contributed by atoms with Gasteiger partial charge in [0, 0.05) is 19.6 Å². The van der Waals surface area contributed by atoms with Gasteiger partial charge in [-0.15, -0.1) is 0 Å². The van der Waals surface area contributed by atoms with Crippen LogP contribution in [-0.4, -0.2) is 49.1 Å². The zero-order valence-corrected chi connectivity index (χ0v) is 18.0. The molecule has 0 aromatic rings. The molecular formula is C26H42N2. The van der Waals surface area contributed by atoms with Crippen molar-refractivity contribution >= 4 is 0 Å². The largest absolute Gasteiger partial charge is 0.303 e. The van der Waals surface area contributed by atoms with Crippen LogP contribution in [0.5, 0.6) is 0 Å². The summed E-state index contributed by atoms with van der Waals surface area (Å²) >= 11 is 0. The van der Waals surface area contributed by atoms with E-state index < -0.39 is 0 Å². The average molecular weight is 383 g/mol. The maximum atomic E-state index is 2.81. The standard InChI is InChI=1S/C26H42N2/c1-3-7-11-16-27-18-15-26-24(21-27)14-10-6-2-4-8-12-17-28-20-23(13-9-5-1)19-25(26)22-28/h1-2,5-6,19,23-24,26H,3-4,7-18,20-22H2/b5-1-,6-2+/t23-,24-,26-/m0/s1. The van der Waals surface area contributed by atoms with Gasteiger partial charge < -0.3 is 4.90 Å². The van der Waals surface area contributed by atoms with Gasteiger partial charge in [0.1, 0.15) is 0 Å². The number of fused-ring (bicyclic) bond motifs is 8. The second kappa shape index (κ2) is 10.8. The van der Waals surface area contributed by atoms with E-state index in [2.05, 4.69) is 40.2 Å². The Kier molecular flexibility index (Phi) is 7.86. The molecule has 5 heterocycles. The van der Waals surface area contributed by atoms with Crippen LogP contribution < -0.4 is 0 Å². The summed E-state index contributed by atoms with van der Waals surface area (Å²) in [5.41, 5.74) is 1.82. The molecule has 5 aliphatic heterocycles. The molecule has 0 aliphatic carbocycles. The molecule has 2 nitrogen and oxygen atoms in total. The quantitative estimate of drug-likeness (QED) is 0.487. The fourth-order valence-corrected chi connectivity index (χ4v) is 6.03. The van der Waals surface area contributed by atoms with Crippen LogP contribution in [0.4, 0.5) is 0 Å². The van der Waals surface area contributed by atoms with Crippen LogP contribution in [0, 0.1) is 17.8 Å². The maximum Gasteiger partial charge on any atom is 0.0196 e. The summed E-state index contributed by atoms with van der Waals surface area (Å²) < 4.78 is 0. The molecule has 0 aromatic carbocycles. The first kappa shape index (κ1) is 20.4. The van der Waals surface area contributed by atoms with Crippen LogP contribution in [0.15, 0.2) is 36.0 Å². The summed E-state index contributed by atoms with van der Waals surface area (Å²) in [7, 11) is 0. The van der Waals surface area contributed by atoms with Crippen LogP contribution in [0.1, 0.15) is 70.6 Å². The highest BCUT2D eigenvalue weighted by Gasteiger charge is 2.33. The molecule has 5 atom stereocenters. The van der Waals surface area contributed by atoms with Crippen LogP contribution in [0.25, 0.3) is 0 Å². The van der Waals surface area contributed by atoms with E-state index in [1.54, 1.807) is 0 Å². The molecule has 156 valence electrons. The van der Waals surface area contributed by atoms with E-state index in [0.717, 1.165) is 17.8 Å². The van der Waals surface area contributed by atoms with Crippen molar-refractivity contribution in [3.8, 4) is 0 Å². The third kappa shape index (κ3) is 5.83. The Bertz CT molecular complexity index is 561. The third-order valence-corrected chi connectivity index (χ3v) is 7.57. The van der Waals surface area contributed by atoms with Gasteiger partial charge in [-0.2, -0.15) is 0 Å². The lowest BCUT2D eigenvalue weighted by molar-refractivity contribution is 0.118. The zero-order chi connectivity index (χ0) is 19.0. The second-order valence-electron chi connectivity index (χ2n) is 9.78. The molecule has 0 spiro atoms. The number of hydrogen-bond acceptors (Lipinski definition) is 2. The number of nitrogens with zero attached hydrogens (tertiary/aromatic N) is 2. The van der Waals surface area contributed by atoms with E-state index in [0.29, 0.717) is 0 Å². The molecule has 0 saturated carbocycles. The van der Waals surface area contributed by atoms with Crippen LogP contribution >= 0.6 is 0 Å². The Balaban J connectivity index is 1.57. The lowest BCUT2D eigenvalue weighted by atomic mass is 9.75. The molecule has 0 N–H and O–H groups in total. The lowest BCUT2D eigenvalue weighted by Crippen LogP contribution is -2.45. The van der Waals surface area contributed by atoms with Crippen molar-refractivity contribution in [3.05, 3.63) is 36.0 Å². The van der Waals surface area contributed by atoms with E-state index in [-0.39, 0.29) is 0 Å². The average Bonchev–Trinajstić information content (AvgIpc) is 2.71. The molecule has 0 radical (unpaired) electrons. The van der Waals surface area contributed by atoms with Crippen molar-refractivity contribution in [2.75, 3.05) is 39.3 Å². The minimum absolute atomic E-state index is 0.778. The Morgan fingerprint density at radius 2 is 1.36 bits per heavy atom. The van der Waals surface area contributed by atoms with E-state index in [4.69, 9.17) is 0 Å². The van der Waals surface area contributed by atoms with E-state index in [1.807, 2.05) is 5.57 Å². The topological polar surface area (TPSA) is 6.48 Å². The minimum atomic E-state index is 0.778. The van der Waals surface area contributed by atoms with Crippen LogP contribution in [0.2, 0.25) is 0 Å². The van der Waals surface area contributed by atoms with Crippen molar-refractivity contribution in [3.63, 3.8) is 0 Å². The van der Waals surface area contributed by atoms with E-state index >= 15 is 0 Å². The molecule has 6 bridgehead atoms. The lowest BCUT2D eigenvalue weighted by Gasteiger charge is -2.43. The fourth-order valence-electron chi connectivity index (χ4n) is 6.03. The summed E-state index contributed by atoms with van der Waals surface area (Å²) in [6.45, 7) is 7.87. The molecule has 0 aromatic heterocycles. The fraction of sp³-hybridized carbons (Fsp3) is 0.769. The first-order chi connectivity index (χ1) is 13.9. The first-order valence-electron chi connectivity index (χ1n) is 12.3. The zero-order valence-electron chi connectivity index (χ0n) is 18.0. The van der Waals surface area contributed by atoms with Gasteiger partial charge >= 0.3 is 0 Å². The summed E-state index contributed by atoms with van der Waals surface area (Å²) in [5, 5.41) is 0. The molecule has 1 saturated heterocycles. The molecule has 5 aliphatic rings. The third-order valence-electron chi connectivity index (χ3n) is 7.57. The van der Waals surface area contributed by atoms with Crippen molar-refractivity contribution in [1.82, 2.24) is 9.80 Å². The SMILES string of the molecule is C1=C2CN3CCCC/C=C/CC[C@H]4CN(CCCC/C=C\CC[C@@H]1C3)CC[C@H]24. The van der Waals surface area contributed by atoms with Crippen molar-refractivity contribution in [1.29, 1.82) is 0 Å². The highest BCUT2D eigenvalue weighted by Crippen LogP contribution is 2.37. The Morgan fingerprint density at radius 3 is 2.18 bits per heavy atom. The molecule has 0 amide bonds. The van der Waals surface area contributed by atoms with Gasteiger partial charge in [0.15, 0.2) is 0 Å². The smallest absolute Gasteiger partial charge is 0.0196 e. The highest BCUT2D eigenvalue weighted by atomic mass is 15.1. The molecule has 28 heavy (non-hydrogen) atoms. The Hall–Kier alpha value is -0.860. The van der Waals surface area contributed by atoms with Gasteiger partial charge in [-0.25, -0.2) is 0 Å². The van der Waals surface area contributed by atoms with Gasteiger partial charge in [-0.05, 0) is 108 Å². The minimum Gasteiger partial charge on any atom is -0.303 e. The predicted octanol–water partition coefficient (Wildman–Crippen LogP) is 5.82. The first-order valence-corrected chi connectivity index (χ1v) is 12.3. The van der Waals surface area contributed by atoms with Crippen molar-refractivity contribution in [2.45, 2.75) is 70.6 Å². The van der Waals surface area contributed by atoms with Crippen LogP contribution in [-0.2, 0) is 0 Å². The molecule has 2 heteroatoms. The number of rotatable bonds is 0. The summed E-state index contributed by atoms with van der Waals surface area (Å²) in [6.07, 6.45) is 27.4. The van der Waals surface area contributed by atoms with Gasteiger partial charge in [-0.3, -0.25) is 4.90 Å².